The van der Waals surface area contributed by atoms with Gasteiger partial charge >= 0.3 is 0 Å². The maximum Gasteiger partial charge on any atom is 0.257 e. The number of pyridine rings is 1. The van der Waals surface area contributed by atoms with Crippen molar-refractivity contribution in [2.45, 2.75) is 19.3 Å². The molecule has 0 aliphatic carbocycles. The van der Waals surface area contributed by atoms with Crippen LogP contribution in [0.5, 0.6) is 5.75 Å². The van der Waals surface area contributed by atoms with Crippen LogP contribution in [0.4, 0.5) is 11.4 Å². The summed E-state index contributed by atoms with van der Waals surface area (Å²) in [5.74, 6) is 0.549. The summed E-state index contributed by atoms with van der Waals surface area (Å²) in [4.78, 5) is 19.0. The molecule has 1 aromatic heterocycles. The number of nitrogens with one attached hydrogen (secondary N) is 1. The second kappa shape index (κ2) is 7.13. The fourth-order valence-electron chi connectivity index (χ4n) is 2.78. The minimum Gasteiger partial charge on any atom is -0.497 e. The Hall–Kier alpha value is -2.56. The maximum atomic E-state index is 12.4. The lowest BCUT2D eigenvalue weighted by molar-refractivity contribution is 0.102. The van der Waals surface area contributed by atoms with Crippen LogP contribution in [0, 0.1) is 0 Å². The number of rotatable bonds is 4. The van der Waals surface area contributed by atoms with Crippen LogP contribution in [0.15, 0.2) is 42.7 Å². The molecule has 1 aliphatic heterocycles. The molecule has 0 spiro atoms. The van der Waals surface area contributed by atoms with Gasteiger partial charge in [0, 0.05) is 31.0 Å². The molecule has 1 saturated heterocycles. The smallest absolute Gasteiger partial charge is 0.257 e. The molecule has 1 fully saturated rings. The van der Waals surface area contributed by atoms with Crippen LogP contribution in [0.3, 0.4) is 0 Å². The molecule has 0 atom stereocenters. The number of piperidine rings is 1. The standard InChI is InChI=1S/C18H21N3O2/c1-23-17-7-5-6-15(11-17)20-18(22)14-10-16(13-19-12-14)21-8-3-2-4-9-21/h5-7,10-13H,2-4,8-9H2,1H3,(H,20,22). The van der Waals surface area contributed by atoms with Crippen LogP contribution < -0.4 is 15.0 Å². The van der Waals surface area contributed by atoms with Gasteiger partial charge in [-0.05, 0) is 37.5 Å². The lowest BCUT2D eigenvalue weighted by Crippen LogP contribution is -2.29. The summed E-state index contributed by atoms with van der Waals surface area (Å²) in [5, 5.41) is 2.89. The predicted molar refractivity (Wildman–Crippen MR) is 91.2 cm³/mol. The van der Waals surface area contributed by atoms with Crippen molar-refractivity contribution in [1.82, 2.24) is 4.98 Å². The summed E-state index contributed by atoms with van der Waals surface area (Å²) in [6, 6.07) is 9.22. The number of ether oxygens (including phenoxy) is 1. The molecule has 1 amide bonds. The molecule has 1 aliphatic rings. The van der Waals surface area contributed by atoms with Gasteiger partial charge < -0.3 is 15.0 Å². The minimum atomic E-state index is -0.162. The van der Waals surface area contributed by atoms with Gasteiger partial charge in [0.2, 0.25) is 0 Å². The van der Waals surface area contributed by atoms with E-state index >= 15 is 0 Å². The van der Waals surface area contributed by atoms with Crippen molar-refractivity contribution < 1.29 is 9.53 Å². The molecule has 0 unspecified atom stereocenters. The molecule has 5 heteroatoms. The van der Waals surface area contributed by atoms with Gasteiger partial charge in [-0.3, -0.25) is 9.78 Å². The Morgan fingerprint density at radius 2 is 2.00 bits per heavy atom. The molecule has 120 valence electrons. The molecule has 0 bridgehead atoms. The summed E-state index contributed by atoms with van der Waals surface area (Å²) < 4.78 is 5.17. The molecule has 1 aromatic carbocycles. The Morgan fingerprint density at radius 3 is 2.78 bits per heavy atom. The molecule has 23 heavy (non-hydrogen) atoms. The third-order valence-electron chi connectivity index (χ3n) is 4.03. The van der Waals surface area contributed by atoms with Crippen LogP contribution in [0.25, 0.3) is 0 Å². The lowest BCUT2D eigenvalue weighted by Gasteiger charge is -2.28. The zero-order valence-electron chi connectivity index (χ0n) is 13.3. The first-order chi connectivity index (χ1) is 11.3. The van der Waals surface area contributed by atoms with E-state index in [1.54, 1.807) is 19.4 Å². The number of benzene rings is 1. The highest BCUT2D eigenvalue weighted by Gasteiger charge is 2.14. The van der Waals surface area contributed by atoms with Gasteiger partial charge in [-0.2, -0.15) is 0 Å². The Balaban J connectivity index is 1.74. The van der Waals surface area contributed by atoms with E-state index in [0.29, 0.717) is 17.0 Å². The Kier molecular flexibility index (Phi) is 4.76. The first-order valence-corrected chi connectivity index (χ1v) is 7.92. The highest BCUT2D eigenvalue weighted by Crippen LogP contribution is 2.21. The second-order valence-corrected chi connectivity index (χ2v) is 5.67. The first kappa shape index (κ1) is 15.3. The average Bonchev–Trinajstić information content (AvgIpc) is 2.63. The van der Waals surface area contributed by atoms with E-state index in [0.717, 1.165) is 18.8 Å². The number of nitrogens with zero attached hydrogens (tertiary/aromatic N) is 2. The third-order valence-corrected chi connectivity index (χ3v) is 4.03. The van der Waals surface area contributed by atoms with Gasteiger partial charge in [0.05, 0.1) is 24.6 Å². The monoisotopic (exact) mass is 311 g/mol. The van der Waals surface area contributed by atoms with Crippen molar-refractivity contribution in [3.05, 3.63) is 48.3 Å². The normalized spacial score (nSPS) is 14.4. The van der Waals surface area contributed by atoms with Gasteiger partial charge in [0.25, 0.3) is 5.91 Å². The largest absolute Gasteiger partial charge is 0.497 e. The Labute approximate surface area is 136 Å². The van der Waals surface area contributed by atoms with Crippen LogP contribution in [-0.4, -0.2) is 31.1 Å². The highest BCUT2D eigenvalue weighted by molar-refractivity contribution is 6.04. The fourth-order valence-corrected chi connectivity index (χ4v) is 2.78. The summed E-state index contributed by atoms with van der Waals surface area (Å²) in [6.07, 6.45) is 7.09. The van der Waals surface area contributed by atoms with Crippen molar-refractivity contribution in [1.29, 1.82) is 0 Å². The molecule has 0 radical (unpaired) electrons. The molecule has 2 heterocycles. The number of methoxy groups -OCH3 is 1. The Bertz CT molecular complexity index is 681. The summed E-state index contributed by atoms with van der Waals surface area (Å²) >= 11 is 0. The molecule has 0 saturated carbocycles. The van der Waals surface area contributed by atoms with Crippen molar-refractivity contribution in [2.24, 2.45) is 0 Å². The number of anilines is 2. The lowest BCUT2D eigenvalue weighted by atomic mass is 10.1. The zero-order valence-corrected chi connectivity index (χ0v) is 13.3. The number of carbonyl (C=O) groups is 1. The van der Waals surface area contributed by atoms with Gasteiger partial charge in [-0.25, -0.2) is 0 Å². The predicted octanol–water partition coefficient (Wildman–Crippen LogP) is 3.33. The molecule has 1 N–H and O–H groups in total. The molecular formula is C18H21N3O2. The molecule has 3 rings (SSSR count). The van der Waals surface area contributed by atoms with E-state index in [1.165, 1.54) is 19.3 Å². The fraction of sp³-hybridized carbons (Fsp3) is 0.333. The number of hydrogen-bond donors (Lipinski definition) is 1. The number of aromatic nitrogens is 1. The van der Waals surface area contributed by atoms with Crippen molar-refractivity contribution >= 4 is 17.3 Å². The van der Waals surface area contributed by atoms with Crippen molar-refractivity contribution in [3.63, 3.8) is 0 Å². The van der Waals surface area contributed by atoms with Gasteiger partial charge in [-0.1, -0.05) is 6.07 Å². The minimum absolute atomic E-state index is 0.162. The van der Waals surface area contributed by atoms with Crippen LogP contribution in [0.2, 0.25) is 0 Å². The van der Waals surface area contributed by atoms with Crippen molar-refractivity contribution in [3.8, 4) is 5.75 Å². The topological polar surface area (TPSA) is 54.5 Å². The van der Waals surface area contributed by atoms with Crippen molar-refractivity contribution in [2.75, 3.05) is 30.4 Å². The SMILES string of the molecule is COc1cccc(NC(=O)c2cncc(N3CCCCC3)c2)c1. The Morgan fingerprint density at radius 1 is 1.17 bits per heavy atom. The van der Waals surface area contributed by atoms with Gasteiger partial charge in [0.1, 0.15) is 5.75 Å². The molecule has 5 nitrogen and oxygen atoms in total. The number of carbonyl (C=O) groups excluding carboxylic acids is 1. The molecule has 2 aromatic rings. The van der Waals surface area contributed by atoms with E-state index in [9.17, 15) is 4.79 Å². The second-order valence-electron chi connectivity index (χ2n) is 5.67. The van der Waals surface area contributed by atoms with E-state index in [1.807, 2.05) is 30.5 Å². The summed E-state index contributed by atoms with van der Waals surface area (Å²) in [6.45, 7) is 2.06. The third kappa shape index (κ3) is 3.80. The number of hydrogen-bond acceptors (Lipinski definition) is 4. The van der Waals surface area contributed by atoms with E-state index in [2.05, 4.69) is 15.2 Å². The van der Waals surface area contributed by atoms with Gasteiger partial charge in [0.15, 0.2) is 0 Å². The van der Waals surface area contributed by atoms with Crippen LogP contribution in [0.1, 0.15) is 29.6 Å². The van der Waals surface area contributed by atoms with Crippen LogP contribution >= 0.6 is 0 Å². The van der Waals surface area contributed by atoms with Gasteiger partial charge in [-0.15, -0.1) is 0 Å². The molecular weight excluding hydrogens is 290 g/mol. The number of amides is 1. The van der Waals surface area contributed by atoms with E-state index in [-0.39, 0.29) is 5.91 Å². The summed E-state index contributed by atoms with van der Waals surface area (Å²) in [5.41, 5.74) is 2.29. The average molecular weight is 311 g/mol. The maximum absolute atomic E-state index is 12.4. The summed E-state index contributed by atoms with van der Waals surface area (Å²) in [7, 11) is 1.60. The van der Waals surface area contributed by atoms with Crippen LogP contribution in [-0.2, 0) is 0 Å². The quantitative estimate of drug-likeness (QED) is 0.941. The first-order valence-electron chi connectivity index (χ1n) is 7.92. The zero-order chi connectivity index (χ0) is 16.1. The highest BCUT2D eigenvalue weighted by atomic mass is 16.5. The van der Waals surface area contributed by atoms with E-state index < -0.39 is 0 Å². The van der Waals surface area contributed by atoms with E-state index in [4.69, 9.17) is 4.74 Å².